The number of ether oxygens (including phenoxy) is 2. The van der Waals surface area contributed by atoms with Gasteiger partial charge in [-0.3, -0.25) is 14.5 Å². The molecule has 0 spiro atoms. The van der Waals surface area contributed by atoms with Crippen LogP contribution in [0.25, 0.3) is 17.1 Å². The monoisotopic (exact) mass is 537 g/mol. The van der Waals surface area contributed by atoms with Gasteiger partial charge in [0.25, 0.3) is 5.91 Å². The predicted molar refractivity (Wildman–Crippen MR) is 135 cm³/mol. The molecule has 36 heavy (non-hydrogen) atoms. The molecule has 1 N–H and O–H groups in total. The lowest BCUT2D eigenvalue weighted by atomic mass is 10.1. The second-order valence-corrected chi connectivity index (χ2v) is 8.63. The van der Waals surface area contributed by atoms with Crippen LogP contribution in [0.1, 0.15) is 47.5 Å². The van der Waals surface area contributed by atoms with E-state index in [2.05, 4.69) is 27.1 Å². The van der Waals surface area contributed by atoms with Crippen LogP contribution in [-0.4, -0.2) is 32.6 Å². The second kappa shape index (κ2) is 11.4. The van der Waals surface area contributed by atoms with E-state index in [1.54, 1.807) is 53.3 Å². The number of rotatable bonds is 7. The Labute approximate surface area is 212 Å². The maximum atomic E-state index is 13.0. The maximum Gasteiger partial charge on any atom is 0.445 e. The molecule has 0 bridgehead atoms. The fraction of sp³-hybridized carbons (Fsp3) is 0.217. The average Bonchev–Trinajstić information content (AvgIpc) is 3.55. The van der Waals surface area contributed by atoms with Crippen molar-refractivity contribution in [3.05, 3.63) is 64.1 Å². The summed E-state index contributed by atoms with van der Waals surface area (Å²) in [5, 5.41) is 9.18. The number of aromatic nitrogens is 4. The number of halogens is 3. The SMILES string of the molecule is C=C(C)Oc1c(/C=C/c2nc3sccn3c2C(=O)Nc2nnc(C(F)(F)F)s2)cccc1OC.CC. The summed E-state index contributed by atoms with van der Waals surface area (Å²) in [7, 11) is 1.51. The Bertz CT molecular complexity index is 1410. The van der Waals surface area contributed by atoms with Crippen molar-refractivity contribution in [3.63, 3.8) is 0 Å². The van der Waals surface area contributed by atoms with Crippen LogP contribution in [-0.2, 0) is 6.18 Å². The van der Waals surface area contributed by atoms with Crippen LogP contribution in [0.3, 0.4) is 0 Å². The number of nitrogens with zero attached hydrogens (tertiary/aromatic N) is 4. The lowest BCUT2D eigenvalue weighted by Crippen LogP contribution is -2.15. The van der Waals surface area contributed by atoms with Crippen molar-refractivity contribution in [1.82, 2.24) is 19.6 Å². The molecule has 1 aromatic carbocycles. The minimum Gasteiger partial charge on any atom is -0.493 e. The molecule has 0 aliphatic heterocycles. The first-order valence-electron chi connectivity index (χ1n) is 10.5. The first kappa shape index (κ1) is 26.9. The Morgan fingerprint density at radius 1 is 1.22 bits per heavy atom. The fourth-order valence-corrected chi connectivity index (χ4v) is 4.29. The van der Waals surface area contributed by atoms with E-state index in [1.165, 1.54) is 18.4 Å². The van der Waals surface area contributed by atoms with Crippen molar-refractivity contribution < 1.29 is 27.4 Å². The van der Waals surface area contributed by atoms with Gasteiger partial charge in [-0.05, 0) is 25.1 Å². The molecule has 1 amide bonds. The number of carbonyl (C=O) groups excluding carboxylic acids is 1. The largest absolute Gasteiger partial charge is 0.493 e. The number of anilines is 1. The lowest BCUT2D eigenvalue weighted by molar-refractivity contribution is -0.138. The van der Waals surface area contributed by atoms with Gasteiger partial charge in [0, 0.05) is 17.1 Å². The van der Waals surface area contributed by atoms with Gasteiger partial charge in [0.1, 0.15) is 5.69 Å². The van der Waals surface area contributed by atoms with Crippen LogP contribution in [0.5, 0.6) is 11.5 Å². The summed E-state index contributed by atoms with van der Waals surface area (Å²) in [5.74, 6) is 0.705. The van der Waals surface area contributed by atoms with Crippen molar-refractivity contribution in [1.29, 1.82) is 0 Å². The lowest BCUT2D eigenvalue weighted by Gasteiger charge is -2.12. The quantitative estimate of drug-likeness (QED) is 0.266. The normalized spacial score (nSPS) is 11.3. The van der Waals surface area contributed by atoms with Gasteiger partial charge in [-0.25, -0.2) is 4.98 Å². The highest BCUT2D eigenvalue weighted by molar-refractivity contribution is 7.15. The van der Waals surface area contributed by atoms with E-state index in [0.29, 0.717) is 33.5 Å². The topological polar surface area (TPSA) is 90.6 Å². The second-order valence-electron chi connectivity index (χ2n) is 6.78. The number of para-hydroxylation sites is 1. The van der Waals surface area contributed by atoms with Crippen LogP contribution in [0.4, 0.5) is 18.3 Å². The number of hydrogen-bond donors (Lipinski definition) is 1. The van der Waals surface area contributed by atoms with Crippen LogP contribution in [0.15, 0.2) is 42.1 Å². The molecular weight excluding hydrogens is 515 g/mol. The van der Waals surface area contributed by atoms with E-state index in [9.17, 15) is 18.0 Å². The molecule has 190 valence electrons. The number of thiazole rings is 1. The van der Waals surface area contributed by atoms with Gasteiger partial charge in [0.05, 0.1) is 18.6 Å². The Balaban J connectivity index is 0.00000176. The number of carbonyl (C=O) groups is 1. The zero-order chi connectivity index (χ0) is 26.5. The molecule has 8 nitrogen and oxygen atoms in total. The molecule has 0 fully saturated rings. The van der Waals surface area contributed by atoms with E-state index >= 15 is 0 Å². The molecule has 0 saturated carbocycles. The molecule has 3 heterocycles. The van der Waals surface area contributed by atoms with Gasteiger partial charge < -0.3 is 9.47 Å². The first-order valence-corrected chi connectivity index (χ1v) is 12.2. The van der Waals surface area contributed by atoms with E-state index in [1.807, 2.05) is 13.8 Å². The van der Waals surface area contributed by atoms with Crippen LogP contribution < -0.4 is 14.8 Å². The van der Waals surface area contributed by atoms with Crippen molar-refractivity contribution in [2.45, 2.75) is 26.9 Å². The van der Waals surface area contributed by atoms with E-state index < -0.39 is 17.1 Å². The maximum absolute atomic E-state index is 13.0. The van der Waals surface area contributed by atoms with Gasteiger partial charge in [-0.2, -0.15) is 13.2 Å². The number of methoxy groups -OCH3 is 1. The summed E-state index contributed by atoms with van der Waals surface area (Å²) in [6.45, 7) is 9.45. The standard InChI is InChI=1S/C21H16F3N5O3S2.C2H6/c1-11(2)32-16-12(5-4-6-14(16)31-3)7-8-13-15(29-9-10-33-20(29)25-13)17(30)26-19-28-27-18(34-19)21(22,23)24;1-2/h4-10H,1H2,2-3H3,(H,26,28,30);1-2H3/b8-7+;. The average molecular weight is 538 g/mol. The number of nitrogens with one attached hydrogen (secondary N) is 1. The third-order valence-corrected chi connectivity index (χ3v) is 5.96. The number of allylic oxidation sites excluding steroid dienone is 1. The smallest absolute Gasteiger partial charge is 0.445 e. The van der Waals surface area contributed by atoms with E-state index in [4.69, 9.17) is 9.47 Å². The third-order valence-electron chi connectivity index (χ3n) is 4.32. The fourth-order valence-electron chi connectivity index (χ4n) is 2.97. The highest BCUT2D eigenvalue weighted by Crippen LogP contribution is 2.35. The Hall–Kier alpha value is -3.71. The van der Waals surface area contributed by atoms with Gasteiger partial charge in [-0.15, -0.1) is 21.5 Å². The first-order chi connectivity index (χ1) is 17.2. The Morgan fingerprint density at radius 2 is 1.97 bits per heavy atom. The predicted octanol–water partition coefficient (Wildman–Crippen LogP) is 6.64. The molecular formula is C23H22F3N5O3S2. The Morgan fingerprint density at radius 3 is 2.61 bits per heavy atom. The van der Waals surface area contributed by atoms with Gasteiger partial charge >= 0.3 is 6.18 Å². The minimum atomic E-state index is -4.65. The molecule has 3 aromatic heterocycles. The molecule has 0 radical (unpaired) electrons. The number of alkyl halides is 3. The van der Waals surface area contributed by atoms with E-state index in [0.717, 1.165) is 0 Å². The third kappa shape index (κ3) is 5.91. The van der Waals surface area contributed by atoms with Crippen molar-refractivity contribution in [3.8, 4) is 11.5 Å². The van der Waals surface area contributed by atoms with Gasteiger partial charge in [-0.1, -0.05) is 43.9 Å². The Kier molecular flexibility index (Phi) is 8.48. The molecule has 4 aromatic rings. The van der Waals surface area contributed by atoms with Gasteiger partial charge in [0.2, 0.25) is 10.1 Å². The molecule has 0 saturated heterocycles. The number of amides is 1. The van der Waals surface area contributed by atoms with Crippen molar-refractivity contribution in [2.75, 3.05) is 12.4 Å². The van der Waals surface area contributed by atoms with Crippen molar-refractivity contribution >= 4 is 50.8 Å². The van der Waals surface area contributed by atoms with E-state index in [-0.39, 0.29) is 22.2 Å². The summed E-state index contributed by atoms with van der Waals surface area (Å²) in [6, 6.07) is 5.30. The highest BCUT2D eigenvalue weighted by atomic mass is 32.1. The summed E-state index contributed by atoms with van der Waals surface area (Å²) < 4.78 is 51.1. The summed E-state index contributed by atoms with van der Waals surface area (Å²) in [4.78, 5) is 18.0. The van der Waals surface area contributed by atoms with Gasteiger partial charge in [0.15, 0.2) is 16.5 Å². The van der Waals surface area contributed by atoms with Crippen LogP contribution >= 0.6 is 22.7 Å². The minimum absolute atomic E-state index is 0.126. The summed E-state index contributed by atoms with van der Waals surface area (Å²) in [5.41, 5.74) is 1.07. The number of benzene rings is 1. The number of fused-ring (bicyclic) bond motifs is 1. The molecule has 13 heteroatoms. The molecule has 0 aliphatic carbocycles. The molecule has 4 rings (SSSR count). The number of hydrogen-bond acceptors (Lipinski definition) is 8. The van der Waals surface area contributed by atoms with Crippen LogP contribution in [0.2, 0.25) is 0 Å². The highest BCUT2D eigenvalue weighted by Gasteiger charge is 2.36. The number of imidazole rings is 1. The van der Waals surface area contributed by atoms with Crippen molar-refractivity contribution in [2.24, 2.45) is 0 Å². The molecule has 0 atom stereocenters. The summed E-state index contributed by atoms with van der Waals surface area (Å²) in [6.07, 6.45) is 0.292. The van der Waals surface area contributed by atoms with Crippen LogP contribution in [0, 0.1) is 0 Å². The molecule has 0 unspecified atom stereocenters. The summed E-state index contributed by atoms with van der Waals surface area (Å²) >= 11 is 1.54. The zero-order valence-electron chi connectivity index (χ0n) is 19.7. The molecule has 0 aliphatic rings. The zero-order valence-corrected chi connectivity index (χ0v) is 21.3.